The number of nitrogens with zero attached hydrogens (tertiary/aromatic N) is 5. The van der Waals surface area contributed by atoms with Crippen LogP contribution >= 0.6 is 11.3 Å². The van der Waals surface area contributed by atoms with E-state index in [2.05, 4.69) is 49.9 Å². The fourth-order valence-electron chi connectivity index (χ4n) is 3.24. The quantitative estimate of drug-likeness (QED) is 0.500. The number of benzene rings is 1. The zero-order valence-electron chi connectivity index (χ0n) is 14.6. The summed E-state index contributed by atoms with van der Waals surface area (Å²) in [7, 11) is 0. The number of pyridine rings is 1. The van der Waals surface area contributed by atoms with Gasteiger partial charge in [-0.05, 0) is 24.6 Å². The first-order valence-corrected chi connectivity index (χ1v) is 9.53. The number of hydrogen-bond donors (Lipinski definition) is 1. The summed E-state index contributed by atoms with van der Waals surface area (Å²) in [6.07, 6.45) is 3.57. The van der Waals surface area contributed by atoms with E-state index in [1.54, 1.807) is 17.7 Å². The summed E-state index contributed by atoms with van der Waals surface area (Å²) in [5, 5.41) is 15.3. The molecule has 0 aliphatic carbocycles. The van der Waals surface area contributed by atoms with E-state index in [0.29, 0.717) is 0 Å². The molecule has 0 saturated carbocycles. The first-order valence-electron chi connectivity index (χ1n) is 8.65. The van der Waals surface area contributed by atoms with E-state index in [0.717, 1.165) is 38.6 Å². The zero-order chi connectivity index (χ0) is 18.2. The van der Waals surface area contributed by atoms with Crippen molar-refractivity contribution in [3.05, 3.63) is 72.3 Å². The van der Waals surface area contributed by atoms with Gasteiger partial charge in [0.25, 0.3) is 0 Å². The predicted octanol–water partition coefficient (Wildman–Crippen LogP) is 4.57. The van der Waals surface area contributed by atoms with Gasteiger partial charge in [-0.15, -0.1) is 21.5 Å². The van der Waals surface area contributed by atoms with Crippen molar-refractivity contribution >= 4 is 33.0 Å². The fraction of sp³-hybridized carbons (Fsp3) is 0.100. The number of nitrogens with one attached hydrogen (secondary N) is 1. The molecule has 0 spiro atoms. The van der Waals surface area contributed by atoms with E-state index >= 15 is 0 Å². The van der Waals surface area contributed by atoms with E-state index < -0.39 is 0 Å². The van der Waals surface area contributed by atoms with Crippen LogP contribution in [0.2, 0.25) is 0 Å². The topological polar surface area (TPSA) is 68.0 Å². The maximum atomic E-state index is 4.52. The monoisotopic (exact) mass is 372 g/mol. The van der Waals surface area contributed by atoms with Gasteiger partial charge in [0.15, 0.2) is 11.5 Å². The SMILES string of the molecule is CC(Nc1ncnc2scc(-c3ccccc3)c12)c1nnc2ccccn12. The van der Waals surface area contributed by atoms with Crippen molar-refractivity contribution in [1.29, 1.82) is 0 Å². The molecule has 1 unspecified atom stereocenters. The second kappa shape index (κ2) is 6.44. The van der Waals surface area contributed by atoms with E-state index in [9.17, 15) is 0 Å². The van der Waals surface area contributed by atoms with E-state index in [-0.39, 0.29) is 6.04 Å². The summed E-state index contributed by atoms with van der Waals surface area (Å²) in [6.45, 7) is 2.06. The highest BCUT2D eigenvalue weighted by molar-refractivity contribution is 7.17. The van der Waals surface area contributed by atoms with Gasteiger partial charge in [-0.3, -0.25) is 4.40 Å². The summed E-state index contributed by atoms with van der Waals surface area (Å²) in [6, 6.07) is 16.1. The highest BCUT2D eigenvalue weighted by Crippen LogP contribution is 2.37. The van der Waals surface area contributed by atoms with Gasteiger partial charge in [-0.1, -0.05) is 36.4 Å². The number of hydrogen-bond acceptors (Lipinski definition) is 6. The van der Waals surface area contributed by atoms with E-state index in [1.807, 2.05) is 47.0 Å². The van der Waals surface area contributed by atoms with Crippen molar-refractivity contribution in [2.75, 3.05) is 5.32 Å². The maximum Gasteiger partial charge on any atom is 0.160 e. The van der Waals surface area contributed by atoms with E-state index in [1.165, 1.54) is 0 Å². The lowest BCUT2D eigenvalue weighted by atomic mass is 10.1. The molecule has 5 aromatic rings. The average Bonchev–Trinajstić information content (AvgIpc) is 3.34. The molecule has 6 nitrogen and oxygen atoms in total. The number of thiophene rings is 1. The van der Waals surface area contributed by atoms with Gasteiger partial charge in [0, 0.05) is 17.1 Å². The fourth-order valence-corrected chi connectivity index (χ4v) is 4.16. The van der Waals surface area contributed by atoms with Crippen LogP contribution in [-0.2, 0) is 0 Å². The Morgan fingerprint density at radius 3 is 2.74 bits per heavy atom. The van der Waals surface area contributed by atoms with Crippen LogP contribution in [0.4, 0.5) is 5.82 Å². The first kappa shape index (κ1) is 15.9. The lowest BCUT2D eigenvalue weighted by molar-refractivity contribution is 0.769. The lowest BCUT2D eigenvalue weighted by Gasteiger charge is -2.14. The molecular weight excluding hydrogens is 356 g/mol. The Morgan fingerprint density at radius 2 is 1.85 bits per heavy atom. The highest BCUT2D eigenvalue weighted by Gasteiger charge is 2.18. The van der Waals surface area contributed by atoms with Gasteiger partial charge in [0.1, 0.15) is 17.0 Å². The summed E-state index contributed by atoms with van der Waals surface area (Å²) in [5.74, 6) is 1.65. The molecule has 0 bridgehead atoms. The predicted molar refractivity (Wildman–Crippen MR) is 108 cm³/mol. The number of anilines is 1. The summed E-state index contributed by atoms with van der Waals surface area (Å²) in [5.41, 5.74) is 3.12. The second-order valence-corrected chi connectivity index (χ2v) is 7.13. The smallest absolute Gasteiger partial charge is 0.160 e. The Kier molecular flexibility index (Phi) is 3.79. The molecule has 0 amide bonds. The Hall–Kier alpha value is -3.32. The molecule has 1 N–H and O–H groups in total. The minimum Gasteiger partial charge on any atom is -0.360 e. The van der Waals surface area contributed by atoms with Gasteiger partial charge in [0.05, 0.1) is 11.4 Å². The van der Waals surface area contributed by atoms with Gasteiger partial charge in [-0.25, -0.2) is 9.97 Å². The molecule has 27 heavy (non-hydrogen) atoms. The van der Waals surface area contributed by atoms with Crippen molar-refractivity contribution < 1.29 is 0 Å². The minimum absolute atomic E-state index is 0.0657. The molecule has 0 radical (unpaired) electrons. The molecule has 4 heterocycles. The summed E-state index contributed by atoms with van der Waals surface area (Å²) in [4.78, 5) is 9.93. The summed E-state index contributed by atoms with van der Waals surface area (Å²) < 4.78 is 1.99. The normalized spacial score (nSPS) is 12.5. The molecule has 132 valence electrons. The molecule has 0 aliphatic heterocycles. The van der Waals surface area contributed by atoms with E-state index in [4.69, 9.17) is 0 Å². The van der Waals surface area contributed by atoms with Crippen molar-refractivity contribution in [3.63, 3.8) is 0 Å². The first-order chi connectivity index (χ1) is 13.3. The van der Waals surface area contributed by atoms with Crippen LogP contribution in [0.5, 0.6) is 0 Å². The third-order valence-corrected chi connectivity index (χ3v) is 5.42. The number of aromatic nitrogens is 5. The number of rotatable bonds is 4. The third-order valence-electron chi connectivity index (χ3n) is 4.54. The molecule has 0 saturated heterocycles. The Balaban J connectivity index is 1.58. The van der Waals surface area contributed by atoms with Crippen LogP contribution < -0.4 is 5.32 Å². The van der Waals surface area contributed by atoms with Crippen LogP contribution in [0.15, 0.2) is 66.4 Å². The molecule has 7 heteroatoms. The second-order valence-electron chi connectivity index (χ2n) is 6.27. The highest BCUT2D eigenvalue weighted by atomic mass is 32.1. The van der Waals surface area contributed by atoms with Gasteiger partial charge in [0.2, 0.25) is 0 Å². The third kappa shape index (κ3) is 2.72. The summed E-state index contributed by atoms with van der Waals surface area (Å²) >= 11 is 1.63. The van der Waals surface area contributed by atoms with Gasteiger partial charge in [-0.2, -0.15) is 0 Å². The molecular formula is C20H16N6S. The lowest BCUT2D eigenvalue weighted by Crippen LogP contribution is -2.12. The molecule has 0 fully saturated rings. The van der Waals surface area contributed by atoms with Crippen molar-refractivity contribution in [3.8, 4) is 11.1 Å². The van der Waals surface area contributed by atoms with Crippen LogP contribution in [0.25, 0.3) is 27.0 Å². The largest absolute Gasteiger partial charge is 0.360 e. The van der Waals surface area contributed by atoms with Gasteiger partial charge < -0.3 is 5.32 Å². The molecule has 1 atom stereocenters. The Labute approximate surface area is 159 Å². The van der Waals surface area contributed by atoms with Crippen LogP contribution in [0.3, 0.4) is 0 Å². The van der Waals surface area contributed by atoms with Crippen molar-refractivity contribution in [1.82, 2.24) is 24.6 Å². The maximum absolute atomic E-state index is 4.52. The van der Waals surface area contributed by atoms with Crippen molar-refractivity contribution in [2.45, 2.75) is 13.0 Å². The standard InChI is InChI=1S/C20H16N6S/c1-13(19-25-24-16-9-5-6-10-26(16)19)23-18-17-15(14-7-3-2-4-8-14)11-27-20(17)22-12-21-18/h2-13H,1H3,(H,21,22,23). The molecule has 1 aromatic carbocycles. The zero-order valence-corrected chi connectivity index (χ0v) is 15.4. The molecule has 5 rings (SSSR count). The number of fused-ring (bicyclic) bond motifs is 2. The van der Waals surface area contributed by atoms with Crippen LogP contribution in [-0.4, -0.2) is 24.6 Å². The van der Waals surface area contributed by atoms with Crippen LogP contribution in [0, 0.1) is 0 Å². The Bertz CT molecular complexity index is 1230. The minimum atomic E-state index is -0.0657. The van der Waals surface area contributed by atoms with Crippen LogP contribution in [0.1, 0.15) is 18.8 Å². The average molecular weight is 372 g/mol. The molecule has 4 aromatic heterocycles. The van der Waals surface area contributed by atoms with Crippen molar-refractivity contribution in [2.24, 2.45) is 0 Å². The van der Waals surface area contributed by atoms with Gasteiger partial charge >= 0.3 is 0 Å². The Morgan fingerprint density at radius 1 is 1.00 bits per heavy atom. The molecule has 0 aliphatic rings.